The quantitative estimate of drug-likeness (QED) is 0.779. The van der Waals surface area contributed by atoms with E-state index in [1.54, 1.807) is 24.5 Å². The van der Waals surface area contributed by atoms with Crippen LogP contribution in [-0.2, 0) is 4.79 Å². The highest BCUT2D eigenvalue weighted by Gasteiger charge is 2.46. The van der Waals surface area contributed by atoms with Crippen LogP contribution in [-0.4, -0.2) is 15.9 Å². The minimum absolute atomic E-state index is 0.0996. The number of anilines is 1. The molecule has 1 aliphatic carbocycles. The lowest BCUT2D eigenvalue weighted by atomic mass is 9.68. The number of rotatable bonds is 3. The van der Waals surface area contributed by atoms with Gasteiger partial charge in [0.2, 0.25) is 5.91 Å². The molecule has 3 N–H and O–H groups in total. The van der Waals surface area contributed by atoms with Crippen LogP contribution in [0.4, 0.5) is 5.69 Å². The van der Waals surface area contributed by atoms with E-state index in [-0.39, 0.29) is 5.91 Å². The Morgan fingerprint density at radius 2 is 2.06 bits per heavy atom. The molecule has 2 rings (SSSR count). The zero-order valence-electron chi connectivity index (χ0n) is 8.77. The monoisotopic (exact) mass is 235 g/mol. The predicted molar refractivity (Wildman–Crippen MR) is 65.9 cm³/mol. The third-order valence-electron chi connectivity index (χ3n) is 3.05. The van der Waals surface area contributed by atoms with E-state index in [0.29, 0.717) is 4.99 Å². The Labute approximate surface area is 99.2 Å². The lowest BCUT2D eigenvalue weighted by Crippen LogP contribution is -2.50. The van der Waals surface area contributed by atoms with E-state index >= 15 is 0 Å². The van der Waals surface area contributed by atoms with Crippen molar-refractivity contribution in [3.8, 4) is 0 Å². The number of nitrogens with zero attached hydrogens (tertiary/aromatic N) is 1. The number of hydrogen-bond donors (Lipinski definition) is 2. The van der Waals surface area contributed by atoms with Gasteiger partial charge in [-0.1, -0.05) is 18.6 Å². The number of nitrogens with one attached hydrogen (secondary N) is 1. The van der Waals surface area contributed by atoms with E-state index < -0.39 is 5.41 Å². The highest BCUT2D eigenvalue weighted by molar-refractivity contribution is 7.80. The summed E-state index contributed by atoms with van der Waals surface area (Å²) in [6, 6.07) is 3.48. The molecule has 0 radical (unpaired) electrons. The Morgan fingerprint density at radius 1 is 1.44 bits per heavy atom. The van der Waals surface area contributed by atoms with Gasteiger partial charge < -0.3 is 11.1 Å². The number of pyridine rings is 1. The summed E-state index contributed by atoms with van der Waals surface area (Å²) >= 11 is 4.98. The van der Waals surface area contributed by atoms with E-state index in [0.717, 1.165) is 24.9 Å². The number of carbonyl (C=O) groups excluding carboxylic acids is 1. The first-order valence-electron chi connectivity index (χ1n) is 5.16. The zero-order chi connectivity index (χ0) is 11.6. The Kier molecular flexibility index (Phi) is 2.87. The fraction of sp³-hybridized carbons (Fsp3) is 0.364. The first kappa shape index (κ1) is 11.0. The second kappa shape index (κ2) is 4.17. The maximum atomic E-state index is 12.1. The maximum absolute atomic E-state index is 12.1. The third kappa shape index (κ3) is 1.78. The van der Waals surface area contributed by atoms with Gasteiger partial charge in [0.25, 0.3) is 0 Å². The molecule has 0 aromatic carbocycles. The molecule has 1 aliphatic rings. The summed E-state index contributed by atoms with van der Waals surface area (Å²) < 4.78 is 0. The van der Waals surface area contributed by atoms with E-state index in [4.69, 9.17) is 18.0 Å². The summed E-state index contributed by atoms with van der Waals surface area (Å²) in [7, 11) is 0. The molecule has 0 bridgehead atoms. The van der Waals surface area contributed by atoms with Crippen molar-refractivity contribution in [1.29, 1.82) is 0 Å². The Hall–Kier alpha value is -1.49. The summed E-state index contributed by atoms with van der Waals surface area (Å²) in [5, 5.41) is 2.82. The van der Waals surface area contributed by atoms with Gasteiger partial charge in [-0.3, -0.25) is 9.78 Å². The molecular formula is C11H13N3OS. The molecule has 16 heavy (non-hydrogen) atoms. The zero-order valence-corrected chi connectivity index (χ0v) is 9.59. The normalized spacial score (nSPS) is 17.2. The topological polar surface area (TPSA) is 68.0 Å². The Balaban J connectivity index is 2.11. The maximum Gasteiger partial charge on any atom is 0.237 e. The molecule has 4 nitrogen and oxygen atoms in total. The predicted octanol–water partition coefficient (Wildman–Crippen LogP) is 1.48. The highest BCUT2D eigenvalue weighted by atomic mass is 32.1. The molecule has 0 saturated heterocycles. The second-order valence-electron chi connectivity index (χ2n) is 3.99. The van der Waals surface area contributed by atoms with E-state index in [1.165, 1.54) is 0 Å². The van der Waals surface area contributed by atoms with E-state index in [9.17, 15) is 4.79 Å². The molecule has 5 heteroatoms. The van der Waals surface area contributed by atoms with Crippen molar-refractivity contribution >= 4 is 28.8 Å². The van der Waals surface area contributed by atoms with Gasteiger partial charge in [0.15, 0.2) is 0 Å². The van der Waals surface area contributed by atoms with Crippen molar-refractivity contribution in [2.45, 2.75) is 19.3 Å². The number of hydrogen-bond acceptors (Lipinski definition) is 3. The molecule has 1 amide bonds. The number of aromatic nitrogens is 1. The highest BCUT2D eigenvalue weighted by Crippen LogP contribution is 2.42. The van der Waals surface area contributed by atoms with Gasteiger partial charge in [-0.05, 0) is 25.0 Å². The van der Waals surface area contributed by atoms with Crippen molar-refractivity contribution in [2.75, 3.05) is 5.32 Å². The van der Waals surface area contributed by atoms with Crippen molar-refractivity contribution in [3.05, 3.63) is 24.5 Å². The van der Waals surface area contributed by atoms with Crippen molar-refractivity contribution in [2.24, 2.45) is 11.1 Å². The van der Waals surface area contributed by atoms with Crippen LogP contribution in [0.1, 0.15) is 19.3 Å². The summed E-state index contributed by atoms with van der Waals surface area (Å²) in [6.07, 6.45) is 5.76. The minimum Gasteiger partial charge on any atom is -0.392 e. The minimum atomic E-state index is -0.626. The average molecular weight is 235 g/mol. The molecule has 0 unspecified atom stereocenters. The standard InChI is InChI=1S/C11H13N3OS/c12-9(16)11(4-1-5-11)10(15)14-8-2-6-13-7-3-8/h2-3,6-7H,1,4-5H2,(H2,12,16)(H,13,14,15). The largest absolute Gasteiger partial charge is 0.392 e. The first-order chi connectivity index (χ1) is 7.65. The van der Waals surface area contributed by atoms with Crippen molar-refractivity contribution in [1.82, 2.24) is 4.98 Å². The summed E-state index contributed by atoms with van der Waals surface area (Å²) in [5.41, 5.74) is 5.74. The van der Waals surface area contributed by atoms with Gasteiger partial charge in [0.05, 0.1) is 10.4 Å². The van der Waals surface area contributed by atoms with Gasteiger partial charge in [0.1, 0.15) is 0 Å². The lowest BCUT2D eigenvalue weighted by molar-refractivity contribution is -0.125. The van der Waals surface area contributed by atoms with Gasteiger partial charge in [-0.15, -0.1) is 0 Å². The van der Waals surface area contributed by atoms with Crippen LogP contribution in [0.2, 0.25) is 0 Å². The summed E-state index contributed by atoms with van der Waals surface area (Å²) in [6.45, 7) is 0. The number of carbonyl (C=O) groups is 1. The molecular weight excluding hydrogens is 222 g/mol. The van der Waals surface area contributed by atoms with E-state index in [2.05, 4.69) is 10.3 Å². The van der Waals surface area contributed by atoms with Crippen LogP contribution in [0.25, 0.3) is 0 Å². The molecule has 1 aromatic rings. The smallest absolute Gasteiger partial charge is 0.237 e. The number of thiocarbonyl (C=S) groups is 1. The SMILES string of the molecule is NC(=S)C1(C(=O)Nc2ccncc2)CCC1. The lowest BCUT2D eigenvalue weighted by Gasteiger charge is -2.39. The van der Waals surface area contributed by atoms with Crippen LogP contribution in [0.15, 0.2) is 24.5 Å². The van der Waals surface area contributed by atoms with Gasteiger partial charge >= 0.3 is 0 Å². The number of nitrogens with two attached hydrogens (primary N) is 1. The van der Waals surface area contributed by atoms with Crippen molar-refractivity contribution in [3.63, 3.8) is 0 Å². The molecule has 1 heterocycles. The van der Waals surface area contributed by atoms with Crippen LogP contribution >= 0.6 is 12.2 Å². The Morgan fingerprint density at radius 3 is 2.50 bits per heavy atom. The van der Waals surface area contributed by atoms with E-state index in [1.807, 2.05) is 0 Å². The molecule has 1 aromatic heterocycles. The summed E-state index contributed by atoms with van der Waals surface area (Å²) in [4.78, 5) is 16.2. The van der Waals surface area contributed by atoms with Gasteiger partial charge in [-0.2, -0.15) is 0 Å². The molecule has 0 spiro atoms. The first-order valence-corrected chi connectivity index (χ1v) is 5.57. The molecule has 0 atom stereocenters. The summed E-state index contributed by atoms with van der Waals surface area (Å²) in [5.74, 6) is -0.0996. The van der Waals surface area contributed by atoms with Crippen LogP contribution < -0.4 is 11.1 Å². The fourth-order valence-electron chi connectivity index (χ4n) is 1.80. The molecule has 1 saturated carbocycles. The molecule has 0 aliphatic heterocycles. The average Bonchev–Trinajstić information content (AvgIpc) is 2.16. The third-order valence-corrected chi connectivity index (χ3v) is 3.44. The van der Waals surface area contributed by atoms with Crippen LogP contribution in [0, 0.1) is 5.41 Å². The molecule has 84 valence electrons. The van der Waals surface area contributed by atoms with Crippen molar-refractivity contribution < 1.29 is 4.79 Å². The van der Waals surface area contributed by atoms with Gasteiger partial charge in [-0.25, -0.2) is 0 Å². The number of amides is 1. The van der Waals surface area contributed by atoms with Gasteiger partial charge in [0, 0.05) is 18.1 Å². The Bertz CT molecular complexity index is 414. The van der Waals surface area contributed by atoms with Crippen LogP contribution in [0.3, 0.4) is 0 Å². The molecule has 1 fully saturated rings. The second-order valence-corrected chi connectivity index (χ2v) is 4.43. The fourth-order valence-corrected chi connectivity index (χ4v) is 2.10. The van der Waals surface area contributed by atoms with Crippen LogP contribution in [0.5, 0.6) is 0 Å².